The molecule has 0 unspecified atom stereocenters. The van der Waals surface area contributed by atoms with E-state index in [1.165, 1.54) is 0 Å². The van der Waals surface area contributed by atoms with Gasteiger partial charge in [-0.3, -0.25) is 4.98 Å². The van der Waals surface area contributed by atoms with E-state index in [1.807, 2.05) is 30.5 Å². The van der Waals surface area contributed by atoms with E-state index in [0.29, 0.717) is 9.52 Å². The van der Waals surface area contributed by atoms with Crippen LogP contribution in [0.5, 0.6) is 0 Å². The molecule has 0 aliphatic rings. The number of fused-ring (bicyclic) bond motifs is 1. The quantitative estimate of drug-likeness (QED) is 0.475. The number of terminal acetylenes is 1. The standard InChI is InChI=1S/C11H7NSi/c1-2-13-10-7-9-5-3-4-6-11(9)12-8-10/h1,3-8H. The number of nitrogens with zero attached hydrogens (tertiary/aromatic N) is 1. The molecule has 13 heavy (non-hydrogen) atoms. The zero-order chi connectivity index (χ0) is 9.10. The van der Waals surface area contributed by atoms with Crippen LogP contribution in [0, 0.1) is 12.0 Å². The van der Waals surface area contributed by atoms with Crippen molar-refractivity contribution in [2.45, 2.75) is 0 Å². The molecular weight excluding hydrogens is 174 g/mol. The van der Waals surface area contributed by atoms with Gasteiger partial charge in [-0.05, 0) is 11.3 Å². The van der Waals surface area contributed by atoms with Crippen LogP contribution >= 0.6 is 0 Å². The average Bonchev–Trinajstić information content (AvgIpc) is 2.18. The van der Waals surface area contributed by atoms with Crippen LogP contribution in [0.15, 0.2) is 36.5 Å². The molecule has 1 aromatic heterocycles. The van der Waals surface area contributed by atoms with Crippen molar-refractivity contribution in [1.29, 1.82) is 0 Å². The van der Waals surface area contributed by atoms with Crippen molar-refractivity contribution in [3.63, 3.8) is 0 Å². The fourth-order valence-corrected chi connectivity index (χ4v) is 1.75. The summed E-state index contributed by atoms with van der Waals surface area (Å²) >= 11 is 0. The van der Waals surface area contributed by atoms with Crippen molar-refractivity contribution in [2.24, 2.45) is 0 Å². The molecule has 0 saturated heterocycles. The maximum Gasteiger partial charge on any atom is 0.187 e. The third-order valence-electron chi connectivity index (χ3n) is 1.81. The second-order valence-electron chi connectivity index (χ2n) is 2.69. The van der Waals surface area contributed by atoms with Crippen molar-refractivity contribution in [1.82, 2.24) is 4.98 Å². The molecule has 0 atom stereocenters. The molecule has 1 aromatic carbocycles. The van der Waals surface area contributed by atoms with E-state index in [-0.39, 0.29) is 0 Å². The van der Waals surface area contributed by atoms with E-state index >= 15 is 0 Å². The lowest BCUT2D eigenvalue weighted by molar-refractivity contribution is 1.43. The molecule has 0 amide bonds. The van der Waals surface area contributed by atoms with Gasteiger partial charge in [0.15, 0.2) is 9.52 Å². The van der Waals surface area contributed by atoms with Gasteiger partial charge >= 0.3 is 0 Å². The highest BCUT2D eigenvalue weighted by Gasteiger charge is 1.95. The first kappa shape index (κ1) is 8.03. The number of pyridine rings is 1. The lowest BCUT2D eigenvalue weighted by Crippen LogP contribution is -2.12. The average molecular weight is 181 g/mol. The summed E-state index contributed by atoms with van der Waals surface area (Å²) in [4.78, 5) is 4.31. The Morgan fingerprint density at radius 2 is 2.15 bits per heavy atom. The van der Waals surface area contributed by atoms with E-state index < -0.39 is 0 Å². The summed E-state index contributed by atoms with van der Waals surface area (Å²) in [7, 11) is 0.416. The number of rotatable bonds is 1. The molecule has 0 spiro atoms. The van der Waals surface area contributed by atoms with Gasteiger partial charge in [-0.1, -0.05) is 24.3 Å². The second-order valence-corrected chi connectivity index (χ2v) is 3.80. The molecule has 0 fully saturated rings. The van der Waals surface area contributed by atoms with Gasteiger partial charge in [-0.2, -0.15) is 0 Å². The highest BCUT2D eigenvalue weighted by molar-refractivity contribution is 6.61. The van der Waals surface area contributed by atoms with Crippen LogP contribution in [0.1, 0.15) is 0 Å². The first-order chi connectivity index (χ1) is 6.40. The Morgan fingerprint density at radius 1 is 1.31 bits per heavy atom. The SMILES string of the molecule is C#C[Si]c1cnc2ccccc2c1. The van der Waals surface area contributed by atoms with E-state index in [1.54, 1.807) is 0 Å². The summed E-state index contributed by atoms with van der Waals surface area (Å²) in [5.74, 6) is 0. The minimum absolute atomic E-state index is 0.416. The Hall–Kier alpha value is -1.59. The third-order valence-corrected chi connectivity index (χ3v) is 2.51. The first-order valence-electron chi connectivity index (χ1n) is 3.96. The molecule has 2 heteroatoms. The third kappa shape index (κ3) is 1.61. The predicted octanol–water partition coefficient (Wildman–Crippen LogP) is 1.16. The highest BCUT2D eigenvalue weighted by atomic mass is 28.2. The molecule has 2 radical (unpaired) electrons. The van der Waals surface area contributed by atoms with Crippen LogP contribution in [0.2, 0.25) is 0 Å². The summed E-state index contributed by atoms with van der Waals surface area (Å²) < 4.78 is 0. The lowest BCUT2D eigenvalue weighted by Gasteiger charge is -1.97. The topological polar surface area (TPSA) is 12.9 Å². The number of benzene rings is 1. The van der Waals surface area contributed by atoms with Crippen LogP contribution in [0.4, 0.5) is 0 Å². The number of hydrogen-bond acceptors (Lipinski definition) is 1. The summed E-state index contributed by atoms with van der Waals surface area (Å²) in [5.41, 5.74) is 3.66. The fourth-order valence-electron chi connectivity index (χ4n) is 1.22. The van der Waals surface area contributed by atoms with Crippen LogP contribution in [-0.2, 0) is 0 Å². The number of hydrogen-bond donors (Lipinski definition) is 0. The van der Waals surface area contributed by atoms with Gasteiger partial charge in [-0.15, -0.1) is 12.0 Å². The number of aromatic nitrogens is 1. The van der Waals surface area contributed by atoms with Gasteiger partial charge in [0.25, 0.3) is 0 Å². The van der Waals surface area contributed by atoms with Gasteiger partial charge in [-0.25, -0.2) is 0 Å². The molecule has 2 aromatic rings. The Balaban J connectivity index is 2.57. The summed E-state index contributed by atoms with van der Waals surface area (Å²) in [6.07, 6.45) is 7.09. The zero-order valence-electron chi connectivity index (χ0n) is 6.99. The van der Waals surface area contributed by atoms with Gasteiger partial charge in [0.1, 0.15) is 0 Å². The molecule has 0 aliphatic heterocycles. The zero-order valence-corrected chi connectivity index (χ0v) is 7.99. The molecule has 0 bridgehead atoms. The van der Waals surface area contributed by atoms with E-state index in [0.717, 1.165) is 16.1 Å². The van der Waals surface area contributed by atoms with E-state index in [2.05, 4.69) is 16.6 Å². The fraction of sp³-hybridized carbons (Fsp3) is 0. The van der Waals surface area contributed by atoms with Crippen molar-refractivity contribution >= 4 is 25.6 Å². The summed E-state index contributed by atoms with van der Waals surface area (Å²) in [6, 6.07) is 10.1. The molecule has 1 nitrogen and oxygen atoms in total. The van der Waals surface area contributed by atoms with Crippen molar-refractivity contribution in [3.05, 3.63) is 36.5 Å². The van der Waals surface area contributed by atoms with E-state index in [9.17, 15) is 0 Å². The Bertz CT molecular complexity index is 471. The minimum Gasteiger partial charge on any atom is -0.256 e. The predicted molar refractivity (Wildman–Crippen MR) is 56.0 cm³/mol. The molecule has 60 valence electrons. The normalized spacial score (nSPS) is 9.77. The first-order valence-corrected chi connectivity index (χ1v) is 4.96. The van der Waals surface area contributed by atoms with E-state index in [4.69, 9.17) is 6.42 Å². The largest absolute Gasteiger partial charge is 0.256 e. The summed E-state index contributed by atoms with van der Waals surface area (Å²) in [6.45, 7) is 0. The maximum absolute atomic E-state index is 5.24. The van der Waals surface area contributed by atoms with Crippen LogP contribution in [0.3, 0.4) is 0 Å². The molecule has 2 rings (SSSR count). The lowest BCUT2D eigenvalue weighted by atomic mass is 10.2. The molecular formula is C11H7NSi. The van der Waals surface area contributed by atoms with Crippen molar-refractivity contribution in [2.75, 3.05) is 0 Å². The Labute approximate surface area is 79.6 Å². The van der Waals surface area contributed by atoms with Gasteiger partial charge in [0.05, 0.1) is 5.52 Å². The highest BCUT2D eigenvalue weighted by Crippen LogP contribution is 2.07. The Morgan fingerprint density at radius 3 is 3.00 bits per heavy atom. The molecule has 1 heterocycles. The van der Waals surface area contributed by atoms with Gasteiger partial charge in [0.2, 0.25) is 0 Å². The smallest absolute Gasteiger partial charge is 0.187 e. The monoisotopic (exact) mass is 181 g/mol. The van der Waals surface area contributed by atoms with Crippen LogP contribution in [0.25, 0.3) is 10.9 Å². The van der Waals surface area contributed by atoms with Gasteiger partial charge < -0.3 is 0 Å². The Kier molecular flexibility index (Phi) is 2.11. The minimum atomic E-state index is 0.416. The van der Waals surface area contributed by atoms with Crippen LogP contribution in [-0.4, -0.2) is 14.5 Å². The van der Waals surface area contributed by atoms with Crippen molar-refractivity contribution < 1.29 is 0 Å². The maximum atomic E-state index is 5.24. The van der Waals surface area contributed by atoms with Gasteiger partial charge in [0, 0.05) is 11.6 Å². The van der Waals surface area contributed by atoms with Crippen LogP contribution < -0.4 is 5.19 Å². The molecule has 0 saturated carbocycles. The summed E-state index contributed by atoms with van der Waals surface area (Å²) in [5, 5.41) is 2.28. The number of para-hydroxylation sites is 1. The van der Waals surface area contributed by atoms with Crippen molar-refractivity contribution in [3.8, 4) is 12.0 Å². The molecule has 0 N–H and O–H groups in total. The molecule has 0 aliphatic carbocycles. The second kappa shape index (κ2) is 3.42.